The summed E-state index contributed by atoms with van der Waals surface area (Å²) in [4.78, 5) is 6.94. The van der Waals surface area contributed by atoms with Gasteiger partial charge in [-0.05, 0) is 31.5 Å². The highest BCUT2D eigenvalue weighted by atomic mass is 32.2. The lowest BCUT2D eigenvalue weighted by Gasteiger charge is -2.24. The molecule has 1 aliphatic rings. The van der Waals surface area contributed by atoms with E-state index in [9.17, 15) is 21.6 Å². The minimum atomic E-state index is -4.93. The third-order valence-corrected chi connectivity index (χ3v) is 5.92. The van der Waals surface area contributed by atoms with Gasteiger partial charge in [-0.15, -0.1) is 0 Å². The first-order chi connectivity index (χ1) is 12.7. The standard InChI is InChI=1S/C16H18F3N5O2S/c17-16(18,19)11-9-22-15(23-10-4-3-7-21-8-10)24-14(11)27(25,26)13-6-2-1-5-12(13)20/h1-2,5-6,9-10,21H,3-4,7-8,20H2,(H,22,23,24). The number of hydrogen-bond donors (Lipinski definition) is 3. The normalized spacial score (nSPS) is 18.3. The summed E-state index contributed by atoms with van der Waals surface area (Å²) < 4.78 is 65.8. The van der Waals surface area contributed by atoms with E-state index in [0.717, 1.165) is 25.5 Å². The molecule has 0 saturated carbocycles. The highest BCUT2D eigenvalue weighted by Gasteiger charge is 2.40. The van der Waals surface area contributed by atoms with Crippen LogP contribution in [0.4, 0.5) is 24.8 Å². The van der Waals surface area contributed by atoms with Crippen LogP contribution in [0.1, 0.15) is 18.4 Å². The van der Waals surface area contributed by atoms with Gasteiger partial charge in [-0.1, -0.05) is 12.1 Å². The van der Waals surface area contributed by atoms with Crippen molar-refractivity contribution in [3.8, 4) is 0 Å². The molecule has 1 aromatic carbocycles. The average molecular weight is 401 g/mol. The second kappa shape index (κ2) is 7.31. The van der Waals surface area contributed by atoms with Gasteiger partial charge in [0.15, 0.2) is 5.03 Å². The molecule has 1 aliphatic heterocycles. The highest BCUT2D eigenvalue weighted by molar-refractivity contribution is 7.91. The summed E-state index contributed by atoms with van der Waals surface area (Å²) in [5.41, 5.74) is 4.07. The number of piperidine rings is 1. The lowest BCUT2D eigenvalue weighted by Crippen LogP contribution is -2.39. The minimum Gasteiger partial charge on any atom is -0.398 e. The lowest BCUT2D eigenvalue weighted by atomic mass is 10.1. The molecule has 0 radical (unpaired) electrons. The summed E-state index contributed by atoms with van der Waals surface area (Å²) in [7, 11) is -4.60. The fourth-order valence-corrected chi connectivity index (χ4v) is 4.33. The summed E-state index contributed by atoms with van der Waals surface area (Å²) in [6, 6.07) is 5.21. The summed E-state index contributed by atoms with van der Waals surface area (Å²) in [6.07, 6.45) is -2.80. The second-order valence-electron chi connectivity index (χ2n) is 6.14. The van der Waals surface area contributed by atoms with E-state index < -0.39 is 31.5 Å². The first-order valence-corrected chi connectivity index (χ1v) is 9.69. The first kappa shape index (κ1) is 19.4. The second-order valence-corrected chi connectivity index (χ2v) is 7.97. The molecule has 0 spiro atoms. The Morgan fingerprint density at radius 1 is 1.26 bits per heavy atom. The maximum absolute atomic E-state index is 13.4. The van der Waals surface area contributed by atoms with Crippen molar-refractivity contribution in [3.63, 3.8) is 0 Å². The van der Waals surface area contributed by atoms with E-state index in [1.165, 1.54) is 18.2 Å². The molecule has 2 heterocycles. The summed E-state index contributed by atoms with van der Waals surface area (Å²) in [5.74, 6) is -0.176. The molecular weight excluding hydrogens is 383 g/mol. The number of sulfone groups is 1. The summed E-state index contributed by atoms with van der Waals surface area (Å²) in [6.45, 7) is 1.43. The Morgan fingerprint density at radius 3 is 2.63 bits per heavy atom. The van der Waals surface area contributed by atoms with Crippen molar-refractivity contribution in [2.45, 2.75) is 35.0 Å². The van der Waals surface area contributed by atoms with Crippen LogP contribution in [0.25, 0.3) is 0 Å². The number of halogens is 3. The average Bonchev–Trinajstić information content (AvgIpc) is 2.62. The molecule has 0 aliphatic carbocycles. The Morgan fingerprint density at radius 2 is 2.00 bits per heavy atom. The van der Waals surface area contributed by atoms with Crippen molar-refractivity contribution in [3.05, 3.63) is 36.0 Å². The Hall–Kier alpha value is -2.40. The number of anilines is 2. The van der Waals surface area contributed by atoms with Crippen LogP contribution in [0.15, 0.2) is 40.4 Å². The molecule has 4 N–H and O–H groups in total. The number of nitrogen functional groups attached to an aromatic ring is 1. The molecule has 1 aromatic heterocycles. The molecule has 146 valence electrons. The highest BCUT2D eigenvalue weighted by Crippen LogP contribution is 2.36. The topological polar surface area (TPSA) is 110 Å². The van der Waals surface area contributed by atoms with E-state index in [1.54, 1.807) is 0 Å². The Bertz CT molecular complexity index is 928. The van der Waals surface area contributed by atoms with Crippen molar-refractivity contribution in [1.82, 2.24) is 15.3 Å². The molecule has 1 fully saturated rings. The van der Waals surface area contributed by atoms with Crippen molar-refractivity contribution >= 4 is 21.5 Å². The molecule has 27 heavy (non-hydrogen) atoms. The number of alkyl halides is 3. The number of nitrogens with two attached hydrogens (primary N) is 1. The van der Waals surface area contributed by atoms with E-state index in [1.807, 2.05) is 0 Å². The Labute approximate surface area is 154 Å². The van der Waals surface area contributed by atoms with Gasteiger partial charge in [0, 0.05) is 18.8 Å². The van der Waals surface area contributed by atoms with Gasteiger partial charge in [0.2, 0.25) is 15.8 Å². The summed E-state index contributed by atoms with van der Waals surface area (Å²) >= 11 is 0. The van der Waals surface area contributed by atoms with E-state index in [4.69, 9.17) is 5.73 Å². The van der Waals surface area contributed by atoms with Gasteiger partial charge < -0.3 is 16.4 Å². The molecule has 0 amide bonds. The van der Waals surface area contributed by atoms with E-state index in [-0.39, 0.29) is 17.7 Å². The maximum atomic E-state index is 13.4. The molecule has 0 bridgehead atoms. The van der Waals surface area contributed by atoms with Gasteiger partial charge in [0.1, 0.15) is 5.56 Å². The smallest absolute Gasteiger partial charge is 0.398 e. The number of aromatic nitrogens is 2. The van der Waals surface area contributed by atoms with E-state index in [2.05, 4.69) is 20.6 Å². The predicted octanol–water partition coefficient (Wildman–Crippen LogP) is 2.07. The molecule has 1 unspecified atom stereocenters. The molecular formula is C16H18F3N5O2S. The van der Waals surface area contributed by atoms with Gasteiger partial charge in [0.25, 0.3) is 0 Å². The lowest BCUT2D eigenvalue weighted by molar-refractivity contribution is -0.140. The molecule has 11 heteroatoms. The first-order valence-electron chi connectivity index (χ1n) is 8.20. The van der Waals surface area contributed by atoms with Crippen LogP contribution >= 0.6 is 0 Å². The summed E-state index contributed by atoms with van der Waals surface area (Å²) in [5, 5.41) is 4.91. The van der Waals surface area contributed by atoms with Crippen LogP contribution in [-0.2, 0) is 16.0 Å². The van der Waals surface area contributed by atoms with Crippen LogP contribution in [0.2, 0.25) is 0 Å². The van der Waals surface area contributed by atoms with Gasteiger partial charge in [-0.3, -0.25) is 0 Å². The zero-order valence-corrected chi connectivity index (χ0v) is 14.9. The molecule has 1 saturated heterocycles. The predicted molar refractivity (Wildman–Crippen MR) is 92.9 cm³/mol. The molecule has 7 nitrogen and oxygen atoms in total. The number of benzene rings is 1. The van der Waals surface area contributed by atoms with E-state index >= 15 is 0 Å². The van der Waals surface area contributed by atoms with Crippen LogP contribution < -0.4 is 16.4 Å². The van der Waals surface area contributed by atoms with Crippen molar-refractivity contribution < 1.29 is 21.6 Å². The van der Waals surface area contributed by atoms with Crippen LogP contribution in [-0.4, -0.2) is 37.5 Å². The third kappa shape index (κ3) is 4.14. The van der Waals surface area contributed by atoms with Gasteiger partial charge in [-0.2, -0.15) is 13.2 Å². The SMILES string of the molecule is Nc1ccccc1S(=O)(=O)c1nc(NC2CCCNC2)ncc1C(F)(F)F. The number of hydrogen-bond acceptors (Lipinski definition) is 7. The minimum absolute atomic E-state index is 0.104. The van der Waals surface area contributed by atoms with Gasteiger partial charge >= 0.3 is 6.18 Å². The zero-order chi connectivity index (χ0) is 19.7. The van der Waals surface area contributed by atoms with Crippen LogP contribution in [0, 0.1) is 0 Å². The number of rotatable bonds is 4. The quantitative estimate of drug-likeness (QED) is 0.531. The molecule has 2 aromatic rings. The largest absolute Gasteiger partial charge is 0.420 e. The van der Waals surface area contributed by atoms with Crippen LogP contribution in [0.5, 0.6) is 0 Å². The maximum Gasteiger partial charge on any atom is 0.420 e. The molecule has 1 atom stereocenters. The monoisotopic (exact) mass is 401 g/mol. The zero-order valence-electron chi connectivity index (χ0n) is 14.1. The third-order valence-electron chi connectivity index (χ3n) is 4.15. The Kier molecular flexibility index (Phi) is 5.24. The van der Waals surface area contributed by atoms with Crippen LogP contribution in [0.3, 0.4) is 0 Å². The van der Waals surface area contributed by atoms with Gasteiger partial charge in [-0.25, -0.2) is 18.4 Å². The molecule has 3 rings (SSSR count). The fraction of sp³-hybridized carbons (Fsp3) is 0.375. The van der Waals surface area contributed by atoms with Crippen molar-refractivity contribution in [1.29, 1.82) is 0 Å². The van der Waals surface area contributed by atoms with E-state index in [0.29, 0.717) is 12.7 Å². The number of nitrogens with one attached hydrogen (secondary N) is 2. The Balaban J connectivity index is 2.08. The van der Waals surface area contributed by atoms with Crippen molar-refractivity contribution in [2.75, 3.05) is 24.1 Å². The van der Waals surface area contributed by atoms with Crippen molar-refractivity contribution in [2.24, 2.45) is 0 Å². The number of para-hydroxylation sites is 1. The fourth-order valence-electron chi connectivity index (χ4n) is 2.82. The number of nitrogens with zero attached hydrogens (tertiary/aromatic N) is 2. The van der Waals surface area contributed by atoms with Gasteiger partial charge in [0.05, 0.1) is 10.6 Å².